The average Bonchev–Trinajstić information content (AvgIpc) is 3.01. The lowest BCUT2D eigenvalue weighted by Crippen LogP contribution is -2.53. The third-order valence-electron chi connectivity index (χ3n) is 6.68. The van der Waals surface area contributed by atoms with E-state index in [-0.39, 0.29) is 28.8 Å². The fourth-order valence-corrected chi connectivity index (χ4v) is 5.92. The van der Waals surface area contributed by atoms with Gasteiger partial charge in [-0.2, -0.15) is 0 Å². The molecule has 3 rings (SSSR count). The number of hydrogen-bond donors (Lipinski definition) is 1. The SMILES string of the molecule is CCCNC(=O)[C@H](CC)N(CCc1ccccc1)C(=O)CN(c1cc(OC)ccc1OC)S(=O)(=O)c1ccccc1. The first-order chi connectivity index (χ1) is 19.8. The number of carbonyl (C=O) groups is 2. The van der Waals surface area contributed by atoms with Gasteiger partial charge in [0.1, 0.15) is 24.1 Å². The molecule has 0 aliphatic heterocycles. The third-order valence-corrected chi connectivity index (χ3v) is 8.46. The van der Waals surface area contributed by atoms with Crippen LogP contribution in [-0.4, -0.2) is 65.0 Å². The van der Waals surface area contributed by atoms with Gasteiger partial charge in [0.2, 0.25) is 11.8 Å². The zero-order valence-corrected chi connectivity index (χ0v) is 24.9. The van der Waals surface area contributed by atoms with Gasteiger partial charge in [0.15, 0.2) is 0 Å². The quantitative estimate of drug-likeness (QED) is 0.287. The second kappa shape index (κ2) is 15.1. The van der Waals surface area contributed by atoms with Crippen LogP contribution in [0.15, 0.2) is 83.8 Å². The van der Waals surface area contributed by atoms with E-state index in [0.717, 1.165) is 16.3 Å². The van der Waals surface area contributed by atoms with E-state index in [1.54, 1.807) is 30.3 Å². The van der Waals surface area contributed by atoms with Gasteiger partial charge in [0.25, 0.3) is 10.0 Å². The molecule has 0 heterocycles. The predicted molar refractivity (Wildman–Crippen MR) is 160 cm³/mol. The van der Waals surface area contributed by atoms with Crippen LogP contribution in [0.25, 0.3) is 0 Å². The summed E-state index contributed by atoms with van der Waals surface area (Å²) in [6, 6.07) is 21.5. The number of nitrogens with zero attached hydrogens (tertiary/aromatic N) is 2. The summed E-state index contributed by atoms with van der Waals surface area (Å²) < 4.78 is 40.0. The number of nitrogens with one attached hydrogen (secondary N) is 1. The average molecular weight is 582 g/mol. The normalized spacial score (nSPS) is 11.8. The molecule has 0 fully saturated rings. The highest BCUT2D eigenvalue weighted by molar-refractivity contribution is 7.92. The molecule has 1 atom stereocenters. The molecule has 0 radical (unpaired) electrons. The largest absolute Gasteiger partial charge is 0.497 e. The summed E-state index contributed by atoms with van der Waals surface area (Å²) in [7, 11) is -1.33. The van der Waals surface area contributed by atoms with Crippen molar-refractivity contribution in [3.05, 3.63) is 84.4 Å². The number of anilines is 1. The standard InChI is InChI=1S/C31H39N3O6S/c1-5-20-32-31(36)27(6-2)33(21-19-24-13-9-7-10-14-24)30(35)23-34(41(37,38)26-15-11-8-12-16-26)28-22-25(39-3)17-18-29(28)40-4/h7-18,22,27H,5-6,19-21,23H2,1-4H3,(H,32,36)/t27-/m0/s1. The molecule has 9 nitrogen and oxygen atoms in total. The first-order valence-corrected chi connectivity index (χ1v) is 15.1. The molecule has 0 spiro atoms. The minimum Gasteiger partial charge on any atom is -0.497 e. The summed E-state index contributed by atoms with van der Waals surface area (Å²) >= 11 is 0. The van der Waals surface area contributed by atoms with Crippen molar-refractivity contribution in [3.8, 4) is 11.5 Å². The van der Waals surface area contributed by atoms with Gasteiger partial charge in [-0.15, -0.1) is 0 Å². The van der Waals surface area contributed by atoms with Gasteiger partial charge in [-0.05, 0) is 49.1 Å². The monoisotopic (exact) mass is 581 g/mol. The Morgan fingerprint density at radius 2 is 1.56 bits per heavy atom. The van der Waals surface area contributed by atoms with Crippen LogP contribution in [-0.2, 0) is 26.0 Å². The van der Waals surface area contributed by atoms with Gasteiger partial charge in [-0.3, -0.25) is 13.9 Å². The number of carbonyl (C=O) groups excluding carboxylic acids is 2. The number of amides is 2. The van der Waals surface area contributed by atoms with Crippen molar-refractivity contribution in [3.63, 3.8) is 0 Å². The maximum atomic E-state index is 14.1. The summed E-state index contributed by atoms with van der Waals surface area (Å²) in [5.41, 5.74) is 1.15. The second-order valence-corrected chi connectivity index (χ2v) is 11.3. The summed E-state index contributed by atoms with van der Waals surface area (Å²) in [5.74, 6) is -0.134. The topological polar surface area (TPSA) is 105 Å². The highest BCUT2D eigenvalue weighted by atomic mass is 32.2. The van der Waals surface area contributed by atoms with Gasteiger partial charge < -0.3 is 19.7 Å². The lowest BCUT2D eigenvalue weighted by Gasteiger charge is -2.33. The number of rotatable bonds is 15. The number of hydrogen-bond acceptors (Lipinski definition) is 6. The van der Waals surface area contributed by atoms with E-state index >= 15 is 0 Å². The van der Waals surface area contributed by atoms with E-state index in [1.807, 2.05) is 44.2 Å². The number of benzene rings is 3. The smallest absolute Gasteiger partial charge is 0.264 e. The van der Waals surface area contributed by atoms with Gasteiger partial charge in [0, 0.05) is 19.2 Å². The molecule has 3 aromatic carbocycles. The Bertz CT molecular complexity index is 1380. The van der Waals surface area contributed by atoms with Crippen molar-refractivity contribution < 1.29 is 27.5 Å². The minimum atomic E-state index is -4.22. The molecule has 3 aromatic rings. The molecule has 0 saturated heterocycles. The molecule has 1 N–H and O–H groups in total. The fraction of sp³-hybridized carbons (Fsp3) is 0.355. The molecular formula is C31H39N3O6S. The Hall–Kier alpha value is -4.05. The second-order valence-electron chi connectivity index (χ2n) is 9.40. The highest BCUT2D eigenvalue weighted by Crippen LogP contribution is 2.35. The van der Waals surface area contributed by atoms with E-state index in [0.29, 0.717) is 25.1 Å². The van der Waals surface area contributed by atoms with Crippen molar-refractivity contribution in [1.82, 2.24) is 10.2 Å². The molecule has 0 aliphatic carbocycles. The number of sulfonamides is 1. The van der Waals surface area contributed by atoms with Gasteiger partial charge in [-0.25, -0.2) is 8.42 Å². The Morgan fingerprint density at radius 3 is 2.15 bits per heavy atom. The molecule has 41 heavy (non-hydrogen) atoms. The fourth-order valence-electron chi connectivity index (χ4n) is 4.49. The third kappa shape index (κ3) is 8.00. The van der Waals surface area contributed by atoms with E-state index in [1.165, 1.54) is 37.3 Å². The summed E-state index contributed by atoms with van der Waals surface area (Å²) in [5, 5.41) is 2.89. The maximum absolute atomic E-state index is 14.1. The van der Waals surface area contributed by atoms with E-state index in [2.05, 4.69) is 5.32 Å². The Morgan fingerprint density at radius 1 is 0.902 bits per heavy atom. The summed E-state index contributed by atoms with van der Waals surface area (Å²) in [6.45, 7) is 3.95. The van der Waals surface area contributed by atoms with Crippen LogP contribution in [0.1, 0.15) is 32.3 Å². The zero-order chi connectivity index (χ0) is 29.8. The van der Waals surface area contributed by atoms with Crippen molar-refractivity contribution in [1.29, 1.82) is 0 Å². The Balaban J connectivity index is 2.07. The van der Waals surface area contributed by atoms with Gasteiger partial charge in [-0.1, -0.05) is 62.4 Å². The van der Waals surface area contributed by atoms with Gasteiger partial charge in [0.05, 0.1) is 24.8 Å². The Labute approximate surface area is 243 Å². The van der Waals surface area contributed by atoms with E-state index in [4.69, 9.17) is 9.47 Å². The van der Waals surface area contributed by atoms with Crippen LogP contribution in [0.5, 0.6) is 11.5 Å². The van der Waals surface area contributed by atoms with Crippen LogP contribution in [0.2, 0.25) is 0 Å². The van der Waals surface area contributed by atoms with Crippen LogP contribution in [0.4, 0.5) is 5.69 Å². The first kappa shape index (κ1) is 31.5. The predicted octanol–water partition coefficient (Wildman–Crippen LogP) is 4.28. The summed E-state index contributed by atoms with van der Waals surface area (Å²) in [4.78, 5) is 28.8. The molecule has 2 amide bonds. The van der Waals surface area contributed by atoms with Crippen molar-refractivity contribution in [2.75, 3.05) is 38.2 Å². The lowest BCUT2D eigenvalue weighted by molar-refractivity contribution is -0.139. The Kier molecular flexibility index (Phi) is 11.6. The van der Waals surface area contributed by atoms with Crippen LogP contribution >= 0.6 is 0 Å². The molecule has 0 saturated carbocycles. The first-order valence-electron chi connectivity index (χ1n) is 13.7. The van der Waals surface area contributed by atoms with Crippen molar-refractivity contribution in [2.45, 2.75) is 44.0 Å². The molecule has 220 valence electrons. The summed E-state index contributed by atoms with van der Waals surface area (Å²) in [6.07, 6.45) is 1.61. The van der Waals surface area contributed by atoms with Crippen LogP contribution in [0, 0.1) is 0 Å². The molecule has 0 bridgehead atoms. The van der Waals surface area contributed by atoms with Crippen LogP contribution in [0.3, 0.4) is 0 Å². The van der Waals surface area contributed by atoms with Crippen molar-refractivity contribution in [2.24, 2.45) is 0 Å². The van der Waals surface area contributed by atoms with E-state index < -0.39 is 28.5 Å². The van der Waals surface area contributed by atoms with Crippen LogP contribution < -0.4 is 19.1 Å². The molecule has 0 unspecified atom stereocenters. The molecule has 10 heteroatoms. The molecular weight excluding hydrogens is 542 g/mol. The molecule has 0 aromatic heterocycles. The maximum Gasteiger partial charge on any atom is 0.264 e. The highest BCUT2D eigenvalue weighted by Gasteiger charge is 2.34. The number of ether oxygens (including phenoxy) is 2. The number of methoxy groups -OCH3 is 2. The zero-order valence-electron chi connectivity index (χ0n) is 24.1. The van der Waals surface area contributed by atoms with E-state index in [9.17, 15) is 18.0 Å². The molecule has 0 aliphatic rings. The lowest BCUT2D eigenvalue weighted by atomic mass is 10.1. The van der Waals surface area contributed by atoms with Crippen molar-refractivity contribution >= 4 is 27.5 Å². The van der Waals surface area contributed by atoms with Gasteiger partial charge >= 0.3 is 0 Å². The minimum absolute atomic E-state index is 0.0150.